The van der Waals surface area contributed by atoms with Gasteiger partial charge in [0.2, 0.25) is 0 Å². The van der Waals surface area contributed by atoms with Gasteiger partial charge >= 0.3 is 16.5 Å². The van der Waals surface area contributed by atoms with Gasteiger partial charge in [0.05, 0.1) is 4.90 Å². The molecule has 0 N–H and O–H groups in total. The third kappa shape index (κ3) is 5.43. The van der Waals surface area contributed by atoms with E-state index in [1.165, 1.54) is 18.2 Å². The monoisotopic (exact) mass is 265 g/mol. The largest absolute Gasteiger partial charge is 0.537 e. The van der Waals surface area contributed by atoms with E-state index in [1.54, 1.807) is 0 Å². The number of hydrogen-bond acceptors (Lipinski definition) is 3. The van der Waals surface area contributed by atoms with Crippen molar-refractivity contribution in [2.75, 3.05) is 0 Å². The predicted molar refractivity (Wildman–Crippen MR) is 46.5 cm³/mol. The van der Waals surface area contributed by atoms with Crippen LogP contribution in [0.15, 0.2) is 35.2 Å². The van der Waals surface area contributed by atoms with Crippen molar-refractivity contribution in [2.24, 2.45) is 0 Å². The maximum absolute atomic E-state index is 11.6. The van der Waals surface area contributed by atoms with Gasteiger partial charge in [-0.1, -0.05) is 18.2 Å². The maximum Gasteiger partial charge on any atom is 0.537 e. The molecule has 0 saturated heterocycles. The molecular weight excluding hydrogens is 260 g/mol. The first-order chi connectivity index (χ1) is 6.31. The Balaban J connectivity index is 0.00000196. The smallest absolute Gasteiger partial charge is 0.194 e. The summed E-state index contributed by atoms with van der Waals surface area (Å²) in [7, 11) is -4.74. The van der Waals surface area contributed by atoms with Crippen molar-refractivity contribution in [3.8, 4) is 0 Å². The van der Waals surface area contributed by atoms with E-state index in [2.05, 4.69) is 4.18 Å². The van der Waals surface area contributed by atoms with Gasteiger partial charge in [-0.2, -0.15) is 12.6 Å². The van der Waals surface area contributed by atoms with Crippen molar-refractivity contribution >= 4 is 61.5 Å². The molecule has 0 heterocycles. The van der Waals surface area contributed by atoms with Gasteiger partial charge in [-0.05, 0) is 12.1 Å². The first kappa shape index (κ1) is 15.6. The van der Waals surface area contributed by atoms with Gasteiger partial charge in [-0.25, -0.2) is 0 Å². The quantitative estimate of drug-likeness (QED) is 0.601. The maximum atomic E-state index is 11.6. The predicted octanol–water partition coefficient (Wildman–Crippen LogP) is 1.53. The molecule has 0 saturated carbocycles. The van der Waals surface area contributed by atoms with Crippen LogP contribution in [0.25, 0.3) is 0 Å². The Hall–Kier alpha value is 0.556. The van der Waals surface area contributed by atoms with Crippen LogP contribution in [0.4, 0.5) is 13.2 Å². The van der Waals surface area contributed by atoms with Crippen LogP contribution in [0.5, 0.6) is 0 Å². The van der Waals surface area contributed by atoms with Gasteiger partial charge < -0.3 is 0 Å². The Kier molecular flexibility index (Phi) is 5.97. The minimum absolute atomic E-state index is 0. The summed E-state index contributed by atoms with van der Waals surface area (Å²) in [6.07, 6.45) is -5.20. The standard InChI is InChI=1S/C7H5F3O3S.K/c8-7(9,10)13-14(11,12)6-4-2-1-3-5-6;/h1-5H;. The molecule has 0 fully saturated rings. The third-order valence-corrected chi connectivity index (χ3v) is 2.49. The van der Waals surface area contributed by atoms with Gasteiger partial charge in [0.25, 0.3) is 0 Å². The Bertz CT molecular complexity index is 401. The molecule has 0 unspecified atom stereocenters. The van der Waals surface area contributed by atoms with Crippen LogP contribution in [0.3, 0.4) is 0 Å². The molecule has 3 nitrogen and oxygen atoms in total. The van der Waals surface area contributed by atoms with Crippen molar-refractivity contribution < 1.29 is 25.8 Å². The average Bonchev–Trinajstić information content (AvgIpc) is 2.01. The molecule has 1 radical (unpaired) electrons. The second-order valence-electron chi connectivity index (χ2n) is 2.30. The molecule has 8 heteroatoms. The molecule has 79 valence electrons. The molecule has 15 heavy (non-hydrogen) atoms. The summed E-state index contributed by atoms with van der Waals surface area (Å²) >= 11 is 0. The molecule has 1 rings (SSSR count). The van der Waals surface area contributed by atoms with Crippen molar-refractivity contribution in [2.45, 2.75) is 11.3 Å². The Morgan fingerprint density at radius 3 is 1.93 bits per heavy atom. The van der Waals surface area contributed by atoms with E-state index in [-0.39, 0.29) is 51.4 Å². The van der Waals surface area contributed by atoms with Crippen molar-refractivity contribution in [1.29, 1.82) is 0 Å². The summed E-state index contributed by atoms with van der Waals surface area (Å²) in [6.45, 7) is 0. The molecule has 0 atom stereocenters. The number of halogens is 3. The Morgan fingerprint density at radius 1 is 1.07 bits per heavy atom. The first-order valence-electron chi connectivity index (χ1n) is 3.39. The fourth-order valence-corrected chi connectivity index (χ4v) is 1.60. The molecule has 0 aliphatic carbocycles. The van der Waals surface area contributed by atoms with Gasteiger partial charge in [-0.3, -0.25) is 0 Å². The molecule has 0 bridgehead atoms. The van der Waals surface area contributed by atoms with E-state index in [9.17, 15) is 21.6 Å². The molecular formula is C7H5F3KO3S. The Morgan fingerprint density at radius 2 is 1.53 bits per heavy atom. The zero-order valence-electron chi connectivity index (χ0n) is 7.65. The fraction of sp³-hybridized carbons (Fsp3) is 0.143. The van der Waals surface area contributed by atoms with Crippen molar-refractivity contribution in [3.05, 3.63) is 30.3 Å². The number of hydrogen-bond donors (Lipinski definition) is 0. The Labute approximate surface area is 127 Å². The summed E-state index contributed by atoms with van der Waals surface area (Å²) < 4.78 is 59.7. The fourth-order valence-electron chi connectivity index (χ4n) is 0.760. The van der Waals surface area contributed by atoms with Crippen molar-refractivity contribution in [3.63, 3.8) is 0 Å². The zero-order chi connectivity index (χ0) is 10.8. The summed E-state index contributed by atoms with van der Waals surface area (Å²) in [5, 5.41) is 0. The first-order valence-corrected chi connectivity index (χ1v) is 4.79. The molecule has 1 aromatic carbocycles. The van der Waals surface area contributed by atoms with Gasteiger partial charge in [-0.15, -0.1) is 13.2 Å². The van der Waals surface area contributed by atoms with Crippen LogP contribution in [0, 0.1) is 0 Å². The van der Waals surface area contributed by atoms with Crippen LogP contribution in [0.2, 0.25) is 0 Å². The number of alkyl halides is 3. The van der Waals surface area contributed by atoms with E-state index in [4.69, 9.17) is 0 Å². The molecule has 0 aliphatic rings. The van der Waals surface area contributed by atoms with Crippen LogP contribution in [-0.2, 0) is 14.3 Å². The van der Waals surface area contributed by atoms with Crippen LogP contribution in [-0.4, -0.2) is 66.2 Å². The third-order valence-electron chi connectivity index (χ3n) is 1.24. The van der Waals surface area contributed by atoms with Gasteiger partial charge in [0.1, 0.15) is 0 Å². The van der Waals surface area contributed by atoms with E-state index in [1.807, 2.05) is 0 Å². The zero-order valence-corrected chi connectivity index (χ0v) is 11.6. The molecule has 0 amide bonds. The van der Waals surface area contributed by atoms with E-state index in [0.717, 1.165) is 12.1 Å². The van der Waals surface area contributed by atoms with E-state index in [0.29, 0.717) is 0 Å². The van der Waals surface area contributed by atoms with E-state index < -0.39 is 21.4 Å². The second kappa shape index (κ2) is 5.76. The summed E-state index contributed by atoms with van der Waals surface area (Å²) in [5.41, 5.74) is 0. The van der Waals surface area contributed by atoms with Crippen LogP contribution >= 0.6 is 0 Å². The number of rotatable bonds is 2. The van der Waals surface area contributed by atoms with Crippen molar-refractivity contribution in [1.82, 2.24) is 0 Å². The van der Waals surface area contributed by atoms with E-state index >= 15 is 0 Å². The minimum Gasteiger partial charge on any atom is -0.194 e. The summed E-state index contributed by atoms with van der Waals surface area (Å²) in [6, 6.07) is 6.11. The SMILES string of the molecule is O=S(=O)(OC(F)(F)F)c1ccccc1.[K]. The second-order valence-corrected chi connectivity index (χ2v) is 3.84. The molecule has 0 aliphatic heterocycles. The molecule has 0 spiro atoms. The van der Waals surface area contributed by atoms with Crippen LogP contribution in [0.1, 0.15) is 0 Å². The average molecular weight is 265 g/mol. The normalized spacial score (nSPS) is 11.9. The van der Waals surface area contributed by atoms with Gasteiger partial charge in [0.15, 0.2) is 0 Å². The minimum atomic E-state index is -5.20. The summed E-state index contributed by atoms with van der Waals surface area (Å²) in [4.78, 5) is -0.530. The molecule has 1 aromatic rings. The summed E-state index contributed by atoms with van der Waals surface area (Å²) in [5.74, 6) is 0. The molecule has 0 aromatic heterocycles. The van der Waals surface area contributed by atoms with Crippen LogP contribution < -0.4 is 0 Å². The van der Waals surface area contributed by atoms with Gasteiger partial charge in [0, 0.05) is 51.4 Å². The number of benzene rings is 1. The topological polar surface area (TPSA) is 43.4 Å².